The molecule has 0 unspecified atom stereocenters. The molecule has 0 aliphatic rings. The maximum absolute atomic E-state index is 5.42. The Bertz CT molecular complexity index is 697. The summed E-state index contributed by atoms with van der Waals surface area (Å²) in [6, 6.07) is 10.6. The van der Waals surface area contributed by atoms with Crippen LogP contribution in [0.4, 0.5) is 0 Å². The molecular formula is C20H32IN5O. The van der Waals surface area contributed by atoms with Crippen molar-refractivity contribution in [3.8, 4) is 0 Å². The fourth-order valence-corrected chi connectivity index (χ4v) is 2.72. The molecule has 7 heteroatoms. The number of nitrogens with one attached hydrogen (secondary N) is 2. The van der Waals surface area contributed by atoms with Gasteiger partial charge in [-0.15, -0.1) is 24.0 Å². The molecule has 0 saturated carbocycles. The molecule has 0 aliphatic carbocycles. The molecule has 1 heterocycles. The lowest BCUT2D eigenvalue weighted by Gasteiger charge is -2.12. The zero-order valence-electron chi connectivity index (χ0n) is 16.8. The number of benzene rings is 1. The first-order valence-corrected chi connectivity index (χ1v) is 9.23. The van der Waals surface area contributed by atoms with E-state index >= 15 is 0 Å². The molecule has 0 spiro atoms. The number of aryl methyl sites for hydroxylation is 3. The van der Waals surface area contributed by atoms with Crippen molar-refractivity contribution in [2.24, 2.45) is 4.99 Å². The van der Waals surface area contributed by atoms with Crippen molar-refractivity contribution in [3.63, 3.8) is 0 Å². The van der Waals surface area contributed by atoms with E-state index < -0.39 is 0 Å². The van der Waals surface area contributed by atoms with E-state index in [-0.39, 0.29) is 24.0 Å². The largest absolute Gasteiger partial charge is 0.377 e. The number of hydrogen-bond donors (Lipinski definition) is 2. The first-order chi connectivity index (χ1) is 12.6. The molecule has 0 saturated heterocycles. The quantitative estimate of drug-likeness (QED) is 0.247. The van der Waals surface area contributed by atoms with Crippen LogP contribution in [0, 0.1) is 13.8 Å². The van der Waals surface area contributed by atoms with Crippen LogP contribution in [-0.2, 0) is 24.4 Å². The lowest BCUT2D eigenvalue weighted by atomic mass is 10.1. The predicted octanol–water partition coefficient (Wildman–Crippen LogP) is 3.41. The zero-order valence-corrected chi connectivity index (χ0v) is 19.1. The highest BCUT2D eigenvalue weighted by molar-refractivity contribution is 14.0. The van der Waals surface area contributed by atoms with Crippen LogP contribution in [-0.4, -0.2) is 35.9 Å². The van der Waals surface area contributed by atoms with Crippen molar-refractivity contribution in [1.29, 1.82) is 0 Å². The summed E-state index contributed by atoms with van der Waals surface area (Å²) in [6.07, 6.45) is 0.995. The maximum Gasteiger partial charge on any atom is 0.191 e. The molecule has 0 aliphatic heterocycles. The number of rotatable bonds is 9. The highest BCUT2D eigenvalue weighted by Crippen LogP contribution is 2.06. The molecule has 0 radical (unpaired) electrons. The number of nitrogens with zero attached hydrogens (tertiary/aromatic N) is 3. The van der Waals surface area contributed by atoms with Crippen molar-refractivity contribution in [2.45, 2.75) is 46.9 Å². The fourth-order valence-electron chi connectivity index (χ4n) is 2.72. The number of hydrogen-bond acceptors (Lipinski definition) is 3. The molecule has 1 aromatic heterocycles. The first kappa shape index (κ1) is 23.4. The van der Waals surface area contributed by atoms with E-state index in [0.29, 0.717) is 6.61 Å². The van der Waals surface area contributed by atoms with E-state index in [9.17, 15) is 0 Å². The molecule has 0 bridgehead atoms. The SMILES string of the molecule is CCOCc1ccc(CNC(=NC)NCCCn2nc(C)cc2C)cc1.I. The highest BCUT2D eigenvalue weighted by atomic mass is 127. The normalized spacial score (nSPS) is 11.2. The van der Waals surface area contributed by atoms with E-state index in [1.54, 1.807) is 7.05 Å². The van der Waals surface area contributed by atoms with Gasteiger partial charge in [-0.05, 0) is 44.4 Å². The minimum atomic E-state index is 0. The summed E-state index contributed by atoms with van der Waals surface area (Å²) in [5.41, 5.74) is 4.69. The first-order valence-electron chi connectivity index (χ1n) is 9.23. The van der Waals surface area contributed by atoms with Crippen molar-refractivity contribution < 1.29 is 4.74 Å². The molecular weight excluding hydrogens is 453 g/mol. The van der Waals surface area contributed by atoms with Crippen molar-refractivity contribution >= 4 is 29.9 Å². The molecule has 2 N–H and O–H groups in total. The van der Waals surface area contributed by atoms with Crippen molar-refractivity contribution in [1.82, 2.24) is 20.4 Å². The van der Waals surface area contributed by atoms with Crippen LogP contribution in [0.3, 0.4) is 0 Å². The number of guanidine groups is 1. The Hall–Kier alpha value is -1.61. The predicted molar refractivity (Wildman–Crippen MR) is 122 cm³/mol. The number of halogens is 1. The molecule has 0 fully saturated rings. The monoisotopic (exact) mass is 485 g/mol. The fraction of sp³-hybridized carbons (Fsp3) is 0.500. The van der Waals surface area contributed by atoms with Gasteiger partial charge in [-0.1, -0.05) is 24.3 Å². The summed E-state index contributed by atoms with van der Waals surface area (Å²) in [7, 11) is 1.79. The Kier molecular flexibility index (Phi) is 11.0. The summed E-state index contributed by atoms with van der Waals surface area (Å²) in [5, 5.41) is 11.2. The van der Waals surface area contributed by atoms with Crippen LogP contribution in [0.15, 0.2) is 35.3 Å². The van der Waals surface area contributed by atoms with Gasteiger partial charge in [-0.3, -0.25) is 9.67 Å². The van der Waals surface area contributed by atoms with Gasteiger partial charge in [0.15, 0.2) is 5.96 Å². The molecule has 6 nitrogen and oxygen atoms in total. The van der Waals surface area contributed by atoms with E-state index in [1.807, 2.05) is 13.8 Å². The second-order valence-corrected chi connectivity index (χ2v) is 6.31. The Morgan fingerprint density at radius 1 is 1.15 bits per heavy atom. The summed E-state index contributed by atoms with van der Waals surface area (Å²) in [6.45, 7) is 10.0. The van der Waals surface area contributed by atoms with Crippen LogP contribution >= 0.6 is 24.0 Å². The van der Waals surface area contributed by atoms with Gasteiger partial charge >= 0.3 is 0 Å². The molecule has 0 amide bonds. The molecule has 1 aromatic carbocycles. The Labute approximate surface area is 179 Å². The van der Waals surface area contributed by atoms with Gasteiger partial charge in [0.25, 0.3) is 0 Å². The molecule has 27 heavy (non-hydrogen) atoms. The van der Waals surface area contributed by atoms with Crippen LogP contribution < -0.4 is 10.6 Å². The third kappa shape index (κ3) is 8.30. The zero-order chi connectivity index (χ0) is 18.8. The van der Waals surface area contributed by atoms with Gasteiger partial charge in [0, 0.05) is 39.0 Å². The van der Waals surface area contributed by atoms with Gasteiger partial charge in [0.1, 0.15) is 0 Å². The summed E-state index contributed by atoms with van der Waals surface area (Å²) >= 11 is 0. The van der Waals surface area contributed by atoms with E-state index in [4.69, 9.17) is 4.74 Å². The van der Waals surface area contributed by atoms with Crippen LogP contribution in [0.2, 0.25) is 0 Å². The molecule has 2 rings (SSSR count). The van der Waals surface area contributed by atoms with E-state index in [1.165, 1.54) is 16.8 Å². The lowest BCUT2D eigenvalue weighted by Crippen LogP contribution is -2.37. The summed E-state index contributed by atoms with van der Waals surface area (Å²) in [5.74, 6) is 0.816. The minimum absolute atomic E-state index is 0. The topological polar surface area (TPSA) is 63.5 Å². The molecule has 2 aromatic rings. The average molecular weight is 485 g/mol. The maximum atomic E-state index is 5.42. The van der Waals surface area contributed by atoms with Gasteiger partial charge in [0.05, 0.1) is 12.3 Å². The summed E-state index contributed by atoms with van der Waals surface area (Å²) < 4.78 is 7.47. The van der Waals surface area contributed by atoms with Crippen molar-refractivity contribution in [2.75, 3.05) is 20.2 Å². The minimum Gasteiger partial charge on any atom is -0.377 e. The smallest absolute Gasteiger partial charge is 0.191 e. The van der Waals surface area contributed by atoms with Gasteiger partial charge in [0.2, 0.25) is 0 Å². The molecule has 150 valence electrons. The third-order valence-electron chi connectivity index (χ3n) is 4.12. The van der Waals surface area contributed by atoms with E-state index in [2.05, 4.69) is 62.7 Å². The second-order valence-electron chi connectivity index (χ2n) is 6.31. The lowest BCUT2D eigenvalue weighted by molar-refractivity contribution is 0.134. The van der Waals surface area contributed by atoms with Gasteiger partial charge in [-0.25, -0.2) is 0 Å². The second kappa shape index (κ2) is 12.7. The van der Waals surface area contributed by atoms with Crippen LogP contribution in [0.25, 0.3) is 0 Å². The van der Waals surface area contributed by atoms with Gasteiger partial charge in [-0.2, -0.15) is 5.10 Å². The van der Waals surface area contributed by atoms with Crippen LogP contribution in [0.5, 0.6) is 0 Å². The Balaban J connectivity index is 0.00000364. The summed E-state index contributed by atoms with van der Waals surface area (Å²) in [4.78, 5) is 4.28. The number of ether oxygens (including phenoxy) is 1. The Morgan fingerprint density at radius 2 is 1.85 bits per heavy atom. The third-order valence-corrected chi connectivity index (χ3v) is 4.12. The van der Waals surface area contributed by atoms with Crippen molar-refractivity contribution in [3.05, 3.63) is 52.8 Å². The standard InChI is InChI=1S/C20H31N5O.HI/c1-5-26-15-19-9-7-18(8-10-19)14-23-20(21-4)22-11-6-12-25-17(3)13-16(2)24-25;/h7-10,13H,5-6,11-12,14-15H2,1-4H3,(H2,21,22,23);1H. The van der Waals surface area contributed by atoms with Gasteiger partial charge < -0.3 is 15.4 Å². The molecule has 0 atom stereocenters. The van der Waals surface area contributed by atoms with Crippen LogP contribution in [0.1, 0.15) is 35.9 Å². The Morgan fingerprint density at radius 3 is 2.44 bits per heavy atom. The highest BCUT2D eigenvalue weighted by Gasteiger charge is 2.02. The number of aromatic nitrogens is 2. The van der Waals surface area contributed by atoms with E-state index in [0.717, 1.165) is 44.3 Å². The number of aliphatic imine (C=N–C) groups is 1. The average Bonchev–Trinajstić information content (AvgIpc) is 2.97.